The minimum atomic E-state index is 0.351. The van der Waals surface area contributed by atoms with Crippen LogP contribution in [0.15, 0.2) is 79.1 Å². The Hall–Kier alpha value is -3.73. The molecule has 0 radical (unpaired) electrons. The van der Waals surface area contributed by atoms with Crippen LogP contribution in [-0.2, 0) is 17.8 Å². The van der Waals surface area contributed by atoms with E-state index in [1.54, 1.807) is 6.33 Å². The Bertz CT molecular complexity index is 1410. The van der Waals surface area contributed by atoms with Crippen molar-refractivity contribution in [3.63, 3.8) is 0 Å². The third-order valence-corrected chi connectivity index (χ3v) is 8.29. The quantitative estimate of drug-likeness (QED) is 0.237. The van der Waals surface area contributed by atoms with Gasteiger partial charge >= 0.3 is 0 Å². The van der Waals surface area contributed by atoms with Crippen LogP contribution in [0.1, 0.15) is 62.5 Å². The Balaban J connectivity index is 1.18. The van der Waals surface area contributed by atoms with Crippen LogP contribution in [0.2, 0.25) is 0 Å². The average Bonchev–Trinajstić information content (AvgIpc) is 3.82. The lowest BCUT2D eigenvalue weighted by molar-refractivity contribution is -0.133. The fraction of sp³-hybridized carbons (Fsp3) is 0.382. The summed E-state index contributed by atoms with van der Waals surface area (Å²) >= 11 is 0. The largest absolute Gasteiger partial charge is 0.369 e. The molecule has 0 atom stereocenters. The molecule has 2 aliphatic rings. The first-order chi connectivity index (χ1) is 19.2. The number of anilines is 1. The maximum atomic E-state index is 13.3. The SMILES string of the molecule is O=C(CC1CCCCC1)N(Cc1cccc(-c2ccc3ncnc(NCCc4ccccc4)c3c2)c1)C1CC1. The Morgan fingerprint density at radius 2 is 1.62 bits per heavy atom. The summed E-state index contributed by atoms with van der Waals surface area (Å²) in [5.41, 5.74) is 5.72. The normalized spacial score (nSPS) is 15.8. The van der Waals surface area contributed by atoms with Gasteiger partial charge in [-0.15, -0.1) is 0 Å². The van der Waals surface area contributed by atoms with Gasteiger partial charge in [-0.1, -0.05) is 73.9 Å². The fourth-order valence-electron chi connectivity index (χ4n) is 5.96. The molecule has 6 rings (SSSR count). The van der Waals surface area contributed by atoms with Crippen molar-refractivity contribution in [2.24, 2.45) is 5.92 Å². The number of fused-ring (bicyclic) bond motifs is 1. The van der Waals surface area contributed by atoms with Crippen molar-refractivity contribution in [1.82, 2.24) is 14.9 Å². The first-order valence-electron chi connectivity index (χ1n) is 14.6. The van der Waals surface area contributed by atoms with Crippen molar-refractivity contribution in [2.45, 2.75) is 70.4 Å². The second-order valence-corrected chi connectivity index (χ2v) is 11.3. The van der Waals surface area contributed by atoms with Crippen molar-refractivity contribution in [1.29, 1.82) is 0 Å². The number of hydrogen-bond acceptors (Lipinski definition) is 4. The number of nitrogens with one attached hydrogen (secondary N) is 1. The molecule has 0 spiro atoms. The lowest BCUT2D eigenvalue weighted by atomic mass is 9.86. The third-order valence-electron chi connectivity index (χ3n) is 8.29. The fourth-order valence-corrected chi connectivity index (χ4v) is 5.96. The van der Waals surface area contributed by atoms with Gasteiger partial charge < -0.3 is 10.2 Å². The summed E-state index contributed by atoms with van der Waals surface area (Å²) in [5.74, 6) is 1.79. The molecule has 0 bridgehead atoms. The number of carbonyl (C=O) groups excluding carboxylic acids is 1. The molecule has 0 saturated heterocycles. The molecule has 39 heavy (non-hydrogen) atoms. The lowest BCUT2D eigenvalue weighted by Gasteiger charge is -2.27. The van der Waals surface area contributed by atoms with Gasteiger partial charge in [0, 0.05) is 30.9 Å². The minimum absolute atomic E-state index is 0.351. The minimum Gasteiger partial charge on any atom is -0.369 e. The van der Waals surface area contributed by atoms with Gasteiger partial charge in [0.1, 0.15) is 12.1 Å². The van der Waals surface area contributed by atoms with E-state index >= 15 is 0 Å². The van der Waals surface area contributed by atoms with Crippen LogP contribution in [0.4, 0.5) is 5.82 Å². The molecule has 4 aromatic rings. The van der Waals surface area contributed by atoms with Gasteiger partial charge in [-0.2, -0.15) is 0 Å². The van der Waals surface area contributed by atoms with Crippen molar-refractivity contribution in [2.75, 3.05) is 11.9 Å². The lowest BCUT2D eigenvalue weighted by Crippen LogP contribution is -2.34. The van der Waals surface area contributed by atoms with E-state index < -0.39 is 0 Å². The van der Waals surface area contributed by atoms with Crippen LogP contribution in [0.3, 0.4) is 0 Å². The predicted molar refractivity (Wildman–Crippen MR) is 158 cm³/mol. The van der Waals surface area contributed by atoms with E-state index in [0.717, 1.165) is 60.1 Å². The number of aromatic nitrogens is 2. The maximum absolute atomic E-state index is 13.3. The molecule has 200 valence electrons. The van der Waals surface area contributed by atoms with Gasteiger partial charge in [0.05, 0.1) is 5.52 Å². The molecular weight excluding hydrogens is 480 g/mol. The molecule has 1 N–H and O–H groups in total. The molecular formula is C34H38N4O. The van der Waals surface area contributed by atoms with Gasteiger partial charge in [-0.3, -0.25) is 4.79 Å². The smallest absolute Gasteiger partial charge is 0.223 e. The topological polar surface area (TPSA) is 58.1 Å². The van der Waals surface area contributed by atoms with Crippen molar-refractivity contribution < 1.29 is 4.79 Å². The summed E-state index contributed by atoms with van der Waals surface area (Å²) in [6, 6.07) is 26.0. The van der Waals surface area contributed by atoms with E-state index in [-0.39, 0.29) is 0 Å². The monoisotopic (exact) mass is 518 g/mol. The number of benzene rings is 3. The summed E-state index contributed by atoms with van der Waals surface area (Å²) in [4.78, 5) is 24.5. The van der Waals surface area contributed by atoms with Gasteiger partial charge in [-0.25, -0.2) is 9.97 Å². The number of nitrogens with zero attached hydrogens (tertiary/aromatic N) is 3. The summed E-state index contributed by atoms with van der Waals surface area (Å²) < 4.78 is 0. The molecule has 2 aliphatic carbocycles. The van der Waals surface area contributed by atoms with Crippen molar-refractivity contribution in [3.05, 3.63) is 90.3 Å². The highest BCUT2D eigenvalue weighted by Crippen LogP contribution is 2.33. The summed E-state index contributed by atoms with van der Waals surface area (Å²) in [7, 11) is 0. The van der Waals surface area contributed by atoms with Gasteiger partial charge in [-0.05, 0) is 78.5 Å². The van der Waals surface area contributed by atoms with E-state index in [0.29, 0.717) is 24.4 Å². The van der Waals surface area contributed by atoms with Crippen LogP contribution >= 0.6 is 0 Å². The molecule has 3 aromatic carbocycles. The summed E-state index contributed by atoms with van der Waals surface area (Å²) in [6.45, 7) is 1.51. The van der Waals surface area contributed by atoms with Crippen LogP contribution in [0, 0.1) is 5.92 Å². The van der Waals surface area contributed by atoms with E-state index in [9.17, 15) is 4.79 Å². The molecule has 5 heteroatoms. The average molecular weight is 519 g/mol. The van der Waals surface area contributed by atoms with E-state index in [2.05, 4.69) is 86.9 Å². The van der Waals surface area contributed by atoms with E-state index in [4.69, 9.17) is 0 Å². The number of hydrogen-bond donors (Lipinski definition) is 1. The summed E-state index contributed by atoms with van der Waals surface area (Å²) in [6.07, 6.45) is 11.9. The van der Waals surface area contributed by atoms with Crippen molar-refractivity contribution >= 4 is 22.6 Å². The highest BCUT2D eigenvalue weighted by Gasteiger charge is 2.33. The van der Waals surface area contributed by atoms with Crippen molar-refractivity contribution in [3.8, 4) is 11.1 Å². The Labute approximate surface area is 231 Å². The van der Waals surface area contributed by atoms with Gasteiger partial charge in [0.25, 0.3) is 0 Å². The number of carbonyl (C=O) groups is 1. The Morgan fingerprint density at radius 3 is 2.44 bits per heavy atom. The summed E-state index contributed by atoms with van der Waals surface area (Å²) in [5, 5.41) is 4.55. The van der Waals surface area contributed by atoms with Crippen LogP contribution in [0.25, 0.3) is 22.0 Å². The third kappa shape index (κ3) is 6.47. The Kier molecular flexibility index (Phi) is 7.85. The zero-order chi connectivity index (χ0) is 26.4. The molecule has 1 amide bonds. The second kappa shape index (κ2) is 12.0. The standard InChI is InChI=1S/C34H38N4O/c39-33(21-26-10-5-2-6-11-26)38(30-15-16-30)23-27-12-7-13-28(20-27)29-14-17-32-31(22-29)34(37-24-36-32)35-19-18-25-8-3-1-4-9-25/h1,3-4,7-9,12-14,17,20,22,24,26,30H,2,5-6,10-11,15-16,18-19,21,23H2,(H,35,36,37). The molecule has 2 fully saturated rings. The molecule has 1 heterocycles. The Morgan fingerprint density at radius 1 is 0.821 bits per heavy atom. The highest BCUT2D eigenvalue weighted by atomic mass is 16.2. The number of amides is 1. The molecule has 5 nitrogen and oxygen atoms in total. The molecule has 1 aromatic heterocycles. The van der Waals surface area contributed by atoms with Gasteiger partial charge in [0.2, 0.25) is 5.91 Å². The van der Waals surface area contributed by atoms with Crippen LogP contribution in [0.5, 0.6) is 0 Å². The van der Waals surface area contributed by atoms with Gasteiger partial charge in [0.15, 0.2) is 0 Å². The highest BCUT2D eigenvalue weighted by molar-refractivity contribution is 5.92. The second-order valence-electron chi connectivity index (χ2n) is 11.3. The van der Waals surface area contributed by atoms with E-state index in [1.165, 1.54) is 43.2 Å². The van der Waals surface area contributed by atoms with Crippen LogP contribution in [-0.4, -0.2) is 33.4 Å². The van der Waals surface area contributed by atoms with E-state index in [1.807, 2.05) is 6.07 Å². The first-order valence-corrected chi connectivity index (χ1v) is 14.6. The first kappa shape index (κ1) is 25.5. The predicted octanol–water partition coefficient (Wildman–Crippen LogP) is 7.41. The molecule has 0 unspecified atom stereocenters. The zero-order valence-corrected chi connectivity index (χ0v) is 22.7. The maximum Gasteiger partial charge on any atom is 0.223 e. The van der Waals surface area contributed by atoms with Crippen LogP contribution < -0.4 is 5.32 Å². The zero-order valence-electron chi connectivity index (χ0n) is 22.7. The molecule has 2 saturated carbocycles. The number of rotatable bonds is 10. The molecule has 0 aliphatic heterocycles.